The summed E-state index contributed by atoms with van der Waals surface area (Å²) in [6.45, 7) is 0. The van der Waals surface area contributed by atoms with Crippen molar-refractivity contribution in [3.63, 3.8) is 0 Å². The van der Waals surface area contributed by atoms with E-state index in [9.17, 15) is 18.3 Å². The Morgan fingerprint density at radius 3 is 2.38 bits per heavy atom. The summed E-state index contributed by atoms with van der Waals surface area (Å²) in [5.41, 5.74) is -0.721. The Morgan fingerprint density at radius 1 is 0.952 bits per heavy atom. The highest BCUT2D eigenvalue weighted by Crippen LogP contribution is 2.24. The van der Waals surface area contributed by atoms with Crippen molar-refractivity contribution in [1.29, 1.82) is 0 Å². The number of fused-ring (bicyclic) bond motifs is 1. The highest BCUT2D eigenvalue weighted by molar-refractivity contribution is 7.91. The average molecular weight is 302 g/mol. The first-order valence-corrected chi connectivity index (χ1v) is 7.54. The topological polar surface area (TPSA) is 84.6 Å². The zero-order valence-electron chi connectivity index (χ0n) is 10.7. The number of phenols is 1. The molecule has 0 aliphatic rings. The lowest BCUT2D eigenvalue weighted by Gasteiger charge is -2.04. The Bertz CT molecular complexity index is 972. The molecule has 106 valence electrons. The van der Waals surface area contributed by atoms with E-state index in [1.54, 1.807) is 18.2 Å². The number of rotatable bonds is 2. The molecular formula is C15H10O5S. The molecule has 0 saturated carbocycles. The quantitative estimate of drug-likeness (QED) is 0.734. The van der Waals surface area contributed by atoms with Gasteiger partial charge >= 0.3 is 5.63 Å². The summed E-state index contributed by atoms with van der Waals surface area (Å²) in [6, 6.07) is 12.9. The fraction of sp³-hybridized carbons (Fsp3) is 0. The van der Waals surface area contributed by atoms with Crippen LogP contribution in [-0.2, 0) is 9.84 Å². The highest BCUT2D eigenvalue weighted by Gasteiger charge is 2.23. The minimum Gasteiger partial charge on any atom is -0.508 e. The molecule has 1 aromatic heterocycles. The Hall–Kier alpha value is -2.60. The van der Waals surface area contributed by atoms with Crippen LogP contribution in [-0.4, -0.2) is 13.5 Å². The summed E-state index contributed by atoms with van der Waals surface area (Å²) in [7, 11) is -3.96. The van der Waals surface area contributed by atoms with Gasteiger partial charge in [-0.25, -0.2) is 13.2 Å². The molecule has 2 aromatic carbocycles. The van der Waals surface area contributed by atoms with Crippen molar-refractivity contribution >= 4 is 20.8 Å². The van der Waals surface area contributed by atoms with Crippen molar-refractivity contribution < 1.29 is 17.9 Å². The van der Waals surface area contributed by atoms with Crippen LogP contribution >= 0.6 is 0 Å². The van der Waals surface area contributed by atoms with Gasteiger partial charge < -0.3 is 9.52 Å². The van der Waals surface area contributed by atoms with Gasteiger partial charge in [0.05, 0.1) is 4.90 Å². The molecule has 1 N–H and O–H groups in total. The van der Waals surface area contributed by atoms with Crippen LogP contribution in [0.2, 0.25) is 0 Å². The van der Waals surface area contributed by atoms with Crippen LogP contribution in [0.15, 0.2) is 73.6 Å². The molecule has 5 nitrogen and oxygen atoms in total. The number of hydrogen-bond acceptors (Lipinski definition) is 5. The molecule has 21 heavy (non-hydrogen) atoms. The molecule has 3 aromatic rings. The fourth-order valence-corrected chi connectivity index (χ4v) is 3.32. The molecule has 0 spiro atoms. The standard InChI is InChI=1S/C15H10O5S/c16-11-6-7-13-10(8-11)9-14(15(17)20-13)21(18,19)12-4-2-1-3-5-12/h1-9,16H. The predicted octanol–water partition coefficient (Wildman–Crippen LogP) is 2.33. The average Bonchev–Trinajstić information content (AvgIpc) is 2.48. The third kappa shape index (κ3) is 2.30. The van der Waals surface area contributed by atoms with Crippen molar-refractivity contribution in [2.45, 2.75) is 9.79 Å². The lowest BCUT2D eigenvalue weighted by molar-refractivity contribution is 0.474. The molecule has 1 heterocycles. The van der Waals surface area contributed by atoms with E-state index in [-0.39, 0.29) is 16.2 Å². The summed E-state index contributed by atoms with van der Waals surface area (Å²) < 4.78 is 29.9. The van der Waals surface area contributed by atoms with Gasteiger partial charge in [-0.05, 0) is 36.4 Å². The lowest BCUT2D eigenvalue weighted by atomic mass is 10.2. The Kier molecular flexibility index (Phi) is 3.03. The number of aromatic hydroxyl groups is 1. The molecule has 0 aliphatic heterocycles. The molecule has 0 amide bonds. The van der Waals surface area contributed by atoms with Gasteiger partial charge in [-0.15, -0.1) is 0 Å². The molecule has 0 radical (unpaired) electrons. The smallest absolute Gasteiger partial charge is 0.355 e. The first kappa shape index (κ1) is 13.4. The first-order chi connectivity index (χ1) is 9.98. The summed E-state index contributed by atoms with van der Waals surface area (Å²) in [4.78, 5) is 11.5. The third-order valence-electron chi connectivity index (χ3n) is 3.03. The second-order valence-electron chi connectivity index (χ2n) is 4.44. The van der Waals surface area contributed by atoms with Gasteiger partial charge in [0.2, 0.25) is 9.84 Å². The van der Waals surface area contributed by atoms with Gasteiger partial charge in [0.15, 0.2) is 4.90 Å². The number of phenolic OH excluding ortho intramolecular Hbond substituents is 1. The van der Waals surface area contributed by atoms with Crippen LogP contribution in [0.4, 0.5) is 0 Å². The van der Waals surface area contributed by atoms with E-state index in [1.165, 1.54) is 36.4 Å². The van der Waals surface area contributed by atoms with E-state index in [0.717, 1.165) is 0 Å². The van der Waals surface area contributed by atoms with Crippen molar-refractivity contribution in [2.24, 2.45) is 0 Å². The van der Waals surface area contributed by atoms with E-state index in [0.29, 0.717) is 5.39 Å². The van der Waals surface area contributed by atoms with E-state index in [4.69, 9.17) is 4.42 Å². The van der Waals surface area contributed by atoms with Gasteiger partial charge in [0, 0.05) is 5.39 Å². The van der Waals surface area contributed by atoms with Crippen LogP contribution in [0.25, 0.3) is 11.0 Å². The van der Waals surface area contributed by atoms with E-state index < -0.39 is 20.4 Å². The van der Waals surface area contributed by atoms with Gasteiger partial charge in [-0.2, -0.15) is 0 Å². The fourth-order valence-electron chi connectivity index (χ4n) is 2.01. The SMILES string of the molecule is O=c1oc2ccc(O)cc2cc1S(=O)(=O)c1ccccc1. The zero-order chi connectivity index (χ0) is 15.0. The van der Waals surface area contributed by atoms with Crippen LogP contribution in [0, 0.1) is 0 Å². The molecule has 3 rings (SSSR count). The van der Waals surface area contributed by atoms with Crippen molar-refractivity contribution in [3.8, 4) is 5.75 Å². The third-order valence-corrected chi connectivity index (χ3v) is 4.78. The Labute approximate surface area is 120 Å². The maximum Gasteiger partial charge on any atom is 0.355 e. The summed E-state index contributed by atoms with van der Waals surface area (Å²) in [5.74, 6) is -0.0422. The zero-order valence-corrected chi connectivity index (χ0v) is 11.5. The molecule has 0 unspecified atom stereocenters. The maximum absolute atomic E-state index is 12.5. The number of benzene rings is 2. The van der Waals surface area contributed by atoms with E-state index in [2.05, 4.69) is 0 Å². The first-order valence-electron chi connectivity index (χ1n) is 6.05. The molecule has 0 atom stereocenters. The minimum atomic E-state index is -3.96. The van der Waals surface area contributed by atoms with Crippen molar-refractivity contribution in [2.75, 3.05) is 0 Å². The summed E-state index contributed by atoms with van der Waals surface area (Å²) in [5, 5.41) is 9.78. The van der Waals surface area contributed by atoms with Gasteiger partial charge in [0.25, 0.3) is 0 Å². The molecule has 0 saturated heterocycles. The second kappa shape index (κ2) is 4.75. The van der Waals surface area contributed by atoms with Crippen LogP contribution in [0.3, 0.4) is 0 Å². The minimum absolute atomic E-state index is 0.0109. The second-order valence-corrected chi connectivity index (χ2v) is 6.35. The van der Waals surface area contributed by atoms with Gasteiger partial charge in [0.1, 0.15) is 11.3 Å². The summed E-state index contributed by atoms with van der Waals surface area (Å²) in [6.07, 6.45) is 0. The van der Waals surface area contributed by atoms with Gasteiger partial charge in [-0.1, -0.05) is 18.2 Å². The predicted molar refractivity (Wildman–Crippen MR) is 76.0 cm³/mol. The molecular weight excluding hydrogens is 292 g/mol. The van der Waals surface area contributed by atoms with Crippen LogP contribution in [0.1, 0.15) is 0 Å². The van der Waals surface area contributed by atoms with Crippen LogP contribution in [0.5, 0.6) is 5.75 Å². The van der Waals surface area contributed by atoms with Crippen molar-refractivity contribution in [3.05, 3.63) is 65.0 Å². The lowest BCUT2D eigenvalue weighted by Crippen LogP contribution is -2.14. The van der Waals surface area contributed by atoms with Gasteiger partial charge in [-0.3, -0.25) is 0 Å². The number of sulfone groups is 1. The monoisotopic (exact) mass is 302 g/mol. The summed E-state index contributed by atoms with van der Waals surface area (Å²) >= 11 is 0. The van der Waals surface area contributed by atoms with Crippen LogP contribution < -0.4 is 5.63 Å². The largest absolute Gasteiger partial charge is 0.508 e. The Balaban J connectivity index is 2.30. The Morgan fingerprint density at radius 2 is 1.67 bits per heavy atom. The molecule has 6 heteroatoms. The molecule has 0 bridgehead atoms. The maximum atomic E-state index is 12.5. The molecule has 0 fully saturated rings. The number of hydrogen-bond donors (Lipinski definition) is 1. The van der Waals surface area contributed by atoms with Crippen molar-refractivity contribution in [1.82, 2.24) is 0 Å². The van der Waals surface area contributed by atoms with E-state index in [1.807, 2.05) is 0 Å². The normalized spacial score (nSPS) is 11.6. The highest BCUT2D eigenvalue weighted by atomic mass is 32.2. The van der Waals surface area contributed by atoms with E-state index >= 15 is 0 Å². The molecule has 0 aliphatic carbocycles.